The third-order valence-corrected chi connectivity index (χ3v) is 3.32. The molecule has 7 heteroatoms. The van der Waals surface area contributed by atoms with Gasteiger partial charge in [-0.25, -0.2) is 18.3 Å². The fourth-order valence-electron chi connectivity index (χ4n) is 2.07. The summed E-state index contributed by atoms with van der Waals surface area (Å²) in [6.07, 6.45) is 0.837. The average molecular weight is 317 g/mol. The van der Waals surface area contributed by atoms with Gasteiger partial charge in [0.15, 0.2) is 5.82 Å². The van der Waals surface area contributed by atoms with Gasteiger partial charge in [-0.3, -0.25) is 0 Å². The molecule has 4 nitrogen and oxygen atoms in total. The first-order chi connectivity index (χ1) is 9.82. The number of hydrogen-bond acceptors (Lipinski definition) is 3. The van der Waals surface area contributed by atoms with Crippen LogP contribution in [0.25, 0.3) is 5.52 Å². The van der Waals surface area contributed by atoms with Gasteiger partial charge >= 0.3 is 0 Å². The number of halogens is 3. The molecule has 116 valence electrons. The predicted octanol–water partition coefficient (Wildman–Crippen LogP) is 3.34. The topological polar surface area (TPSA) is 33.4 Å². The van der Waals surface area contributed by atoms with Crippen LogP contribution in [0.4, 0.5) is 14.6 Å². The van der Waals surface area contributed by atoms with E-state index in [1.165, 1.54) is 4.90 Å². The molecule has 0 saturated carbocycles. The van der Waals surface area contributed by atoms with Gasteiger partial charge in [0.05, 0.1) is 12.2 Å². The van der Waals surface area contributed by atoms with Gasteiger partial charge in [0.1, 0.15) is 5.52 Å². The van der Waals surface area contributed by atoms with Crippen LogP contribution >= 0.6 is 11.6 Å². The summed E-state index contributed by atoms with van der Waals surface area (Å²) in [5, 5.41) is 4.50. The fraction of sp³-hybridized carbons (Fsp3) is 0.571. The lowest BCUT2D eigenvalue weighted by Crippen LogP contribution is -2.31. The molecule has 0 aliphatic carbocycles. The maximum Gasteiger partial charge on any atom is 0.255 e. The third kappa shape index (κ3) is 3.61. The smallest absolute Gasteiger partial charge is 0.255 e. The summed E-state index contributed by atoms with van der Waals surface area (Å²) >= 11 is 5.72. The van der Waals surface area contributed by atoms with Crippen molar-refractivity contribution in [2.45, 2.75) is 32.6 Å². The number of rotatable bonds is 5. The second-order valence-electron chi connectivity index (χ2n) is 5.89. The Morgan fingerprint density at radius 2 is 2.10 bits per heavy atom. The number of nitrogens with zero attached hydrogens (tertiary/aromatic N) is 4. The summed E-state index contributed by atoms with van der Waals surface area (Å²) in [6, 6.07) is 1.90. The molecule has 0 amide bonds. The van der Waals surface area contributed by atoms with Crippen molar-refractivity contribution in [1.82, 2.24) is 14.6 Å². The fourth-order valence-corrected chi connectivity index (χ4v) is 2.27. The lowest BCUT2D eigenvalue weighted by molar-refractivity contribution is 0.155. The molecule has 21 heavy (non-hydrogen) atoms. The lowest BCUT2D eigenvalue weighted by Gasteiger charge is -2.22. The van der Waals surface area contributed by atoms with E-state index in [1.54, 1.807) is 16.9 Å². The predicted molar refractivity (Wildman–Crippen MR) is 80.6 cm³/mol. The SMILES string of the molecule is CC(C)(C)c1cc2c(N(CCCl)CC(F)F)nccn2n1. The zero-order valence-corrected chi connectivity index (χ0v) is 13.1. The molecule has 0 aliphatic rings. The largest absolute Gasteiger partial charge is 0.348 e. The molecule has 0 fully saturated rings. The van der Waals surface area contributed by atoms with Crippen LogP contribution in [0.1, 0.15) is 26.5 Å². The van der Waals surface area contributed by atoms with Gasteiger partial charge in [-0.15, -0.1) is 11.6 Å². The first kappa shape index (κ1) is 15.9. The summed E-state index contributed by atoms with van der Waals surface area (Å²) in [5.41, 5.74) is 1.48. The first-order valence-corrected chi connectivity index (χ1v) is 7.30. The lowest BCUT2D eigenvalue weighted by atomic mass is 9.92. The maximum atomic E-state index is 12.8. The molecule has 0 saturated heterocycles. The highest BCUT2D eigenvalue weighted by Gasteiger charge is 2.21. The Morgan fingerprint density at radius 1 is 1.38 bits per heavy atom. The van der Waals surface area contributed by atoms with Crippen LogP contribution in [0, 0.1) is 0 Å². The van der Waals surface area contributed by atoms with Crippen molar-refractivity contribution >= 4 is 22.9 Å². The molecule has 0 unspecified atom stereocenters. The summed E-state index contributed by atoms with van der Waals surface area (Å²) < 4.78 is 27.2. The molecule has 0 atom stereocenters. The van der Waals surface area contributed by atoms with E-state index in [1.807, 2.05) is 6.07 Å². The van der Waals surface area contributed by atoms with Gasteiger partial charge in [0.25, 0.3) is 6.43 Å². The minimum absolute atomic E-state index is 0.122. The van der Waals surface area contributed by atoms with E-state index in [9.17, 15) is 8.78 Å². The Morgan fingerprint density at radius 3 is 2.67 bits per heavy atom. The maximum absolute atomic E-state index is 12.8. The van der Waals surface area contributed by atoms with Crippen molar-refractivity contribution in [3.05, 3.63) is 24.2 Å². The van der Waals surface area contributed by atoms with Crippen molar-refractivity contribution in [3.8, 4) is 0 Å². The number of hydrogen-bond donors (Lipinski definition) is 0. The van der Waals surface area contributed by atoms with E-state index in [0.29, 0.717) is 17.9 Å². The second-order valence-corrected chi connectivity index (χ2v) is 6.26. The molecule has 0 spiro atoms. The molecule has 0 aromatic carbocycles. The van der Waals surface area contributed by atoms with E-state index in [-0.39, 0.29) is 11.3 Å². The minimum atomic E-state index is -2.44. The Bertz CT molecular complexity index is 607. The molecule has 0 aliphatic heterocycles. The summed E-state index contributed by atoms with van der Waals surface area (Å²) in [5.74, 6) is 0.747. The van der Waals surface area contributed by atoms with Gasteiger partial charge in [0, 0.05) is 30.2 Å². The van der Waals surface area contributed by atoms with E-state index in [2.05, 4.69) is 30.9 Å². The van der Waals surface area contributed by atoms with Crippen molar-refractivity contribution in [2.24, 2.45) is 0 Å². The van der Waals surface area contributed by atoms with Crippen LogP contribution < -0.4 is 4.90 Å². The van der Waals surface area contributed by atoms with Crippen LogP contribution in [-0.4, -0.2) is 40.0 Å². The van der Waals surface area contributed by atoms with Gasteiger partial charge in [-0.1, -0.05) is 20.8 Å². The quantitative estimate of drug-likeness (QED) is 0.793. The third-order valence-electron chi connectivity index (χ3n) is 3.15. The number of alkyl halides is 3. The molecular weight excluding hydrogens is 298 g/mol. The van der Waals surface area contributed by atoms with Gasteiger partial charge in [0.2, 0.25) is 0 Å². The van der Waals surface area contributed by atoms with Crippen LogP contribution in [0.15, 0.2) is 18.5 Å². The van der Waals surface area contributed by atoms with Crippen molar-refractivity contribution < 1.29 is 8.78 Å². The Kier molecular flexibility index (Phi) is 4.66. The van der Waals surface area contributed by atoms with Crippen LogP contribution in [-0.2, 0) is 5.41 Å². The molecule has 0 radical (unpaired) electrons. The molecule has 2 aromatic heterocycles. The molecular formula is C14H19ClF2N4. The van der Waals surface area contributed by atoms with Gasteiger partial charge < -0.3 is 4.90 Å². The van der Waals surface area contributed by atoms with Crippen molar-refractivity contribution in [3.63, 3.8) is 0 Å². The second kappa shape index (κ2) is 6.13. The van der Waals surface area contributed by atoms with Crippen molar-refractivity contribution in [1.29, 1.82) is 0 Å². The Labute approximate surface area is 127 Å². The highest BCUT2D eigenvalue weighted by molar-refractivity contribution is 6.18. The molecule has 0 N–H and O–H groups in total. The summed E-state index contributed by atoms with van der Waals surface area (Å²) in [4.78, 5) is 5.75. The molecule has 0 bridgehead atoms. The van der Waals surface area contributed by atoms with Crippen LogP contribution in [0.2, 0.25) is 0 Å². The van der Waals surface area contributed by atoms with Gasteiger partial charge in [-0.05, 0) is 6.07 Å². The number of anilines is 1. The van der Waals surface area contributed by atoms with Crippen molar-refractivity contribution in [2.75, 3.05) is 23.9 Å². The summed E-state index contributed by atoms with van der Waals surface area (Å²) in [7, 11) is 0. The minimum Gasteiger partial charge on any atom is -0.348 e. The molecule has 2 rings (SSSR count). The van der Waals surface area contributed by atoms with Gasteiger partial charge in [-0.2, -0.15) is 5.10 Å². The average Bonchev–Trinajstić information content (AvgIpc) is 2.81. The first-order valence-electron chi connectivity index (χ1n) is 6.77. The van der Waals surface area contributed by atoms with E-state index in [4.69, 9.17) is 11.6 Å². The van der Waals surface area contributed by atoms with E-state index >= 15 is 0 Å². The monoisotopic (exact) mass is 316 g/mol. The van der Waals surface area contributed by atoms with E-state index < -0.39 is 13.0 Å². The molecule has 2 aromatic rings. The number of aromatic nitrogens is 3. The Balaban J connectivity index is 2.49. The highest BCUT2D eigenvalue weighted by Crippen LogP contribution is 2.26. The van der Waals surface area contributed by atoms with Crippen LogP contribution in [0.5, 0.6) is 0 Å². The normalized spacial score (nSPS) is 12.3. The Hall–Kier alpha value is -1.43. The van der Waals surface area contributed by atoms with E-state index in [0.717, 1.165) is 5.69 Å². The zero-order valence-electron chi connectivity index (χ0n) is 12.4. The van der Waals surface area contributed by atoms with Crippen LogP contribution in [0.3, 0.4) is 0 Å². The standard InChI is InChI=1S/C14H19ClF2N4/c1-14(2,3)11-8-10-13(18-5-7-21(10)19-11)20(6-4-15)9-12(16)17/h5,7-8,12H,4,6,9H2,1-3H3. The highest BCUT2D eigenvalue weighted by atomic mass is 35.5. The number of fused-ring (bicyclic) bond motifs is 1. The zero-order chi connectivity index (χ0) is 15.6. The summed E-state index contributed by atoms with van der Waals surface area (Å²) in [6.45, 7) is 6.08. The molecule has 2 heterocycles.